The van der Waals surface area contributed by atoms with E-state index in [9.17, 15) is 14.9 Å². The summed E-state index contributed by atoms with van der Waals surface area (Å²) in [5, 5.41) is 13.5. The zero-order chi connectivity index (χ0) is 13.8. The molecule has 104 valence electrons. The maximum atomic E-state index is 11.8. The number of rotatable bonds is 5. The van der Waals surface area contributed by atoms with E-state index in [0.29, 0.717) is 12.4 Å². The first-order valence-corrected chi connectivity index (χ1v) is 6.12. The van der Waals surface area contributed by atoms with Crippen molar-refractivity contribution in [1.29, 1.82) is 0 Å². The lowest BCUT2D eigenvalue weighted by Gasteiger charge is -2.10. The maximum Gasteiger partial charge on any atom is 0.343 e. The predicted molar refractivity (Wildman–Crippen MR) is 65.6 cm³/mol. The van der Waals surface area contributed by atoms with Crippen LogP contribution in [0.5, 0.6) is 0 Å². The summed E-state index contributed by atoms with van der Waals surface area (Å²) in [6.45, 7) is 2.70. The number of imidazole rings is 1. The zero-order valence-corrected chi connectivity index (χ0v) is 10.7. The van der Waals surface area contributed by atoms with E-state index in [1.807, 2.05) is 0 Å². The fraction of sp³-hybridized carbons (Fsp3) is 0.636. The van der Waals surface area contributed by atoms with Gasteiger partial charge in [0.2, 0.25) is 0 Å². The molecule has 1 aromatic rings. The molecule has 1 saturated heterocycles. The number of ether oxygens (including phenoxy) is 1. The van der Waals surface area contributed by atoms with Gasteiger partial charge in [-0.2, -0.15) is 0 Å². The fourth-order valence-electron chi connectivity index (χ4n) is 2.03. The Bertz CT molecular complexity index is 479. The average molecular weight is 268 g/mol. The molecule has 1 atom stereocenters. The van der Waals surface area contributed by atoms with Gasteiger partial charge < -0.3 is 20.2 Å². The lowest BCUT2D eigenvalue weighted by Crippen LogP contribution is -2.34. The normalized spacial score (nSPS) is 18.5. The van der Waals surface area contributed by atoms with E-state index in [1.165, 1.54) is 4.57 Å². The molecule has 8 nitrogen and oxygen atoms in total. The summed E-state index contributed by atoms with van der Waals surface area (Å²) in [6, 6.07) is 0. The molecule has 1 aliphatic heterocycles. The Morgan fingerprint density at radius 1 is 1.74 bits per heavy atom. The van der Waals surface area contributed by atoms with Crippen molar-refractivity contribution in [2.45, 2.75) is 32.4 Å². The van der Waals surface area contributed by atoms with Crippen molar-refractivity contribution in [3.63, 3.8) is 0 Å². The molecule has 2 heterocycles. The van der Waals surface area contributed by atoms with Crippen LogP contribution in [0.25, 0.3) is 0 Å². The molecule has 0 bridgehead atoms. The molecule has 0 aromatic carbocycles. The van der Waals surface area contributed by atoms with Gasteiger partial charge >= 0.3 is 5.82 Å². The van der Waals surface area contributed by atoms with Crippen LogP contribution in [-0.2, 0) is 16.1 Å². The fourth-order valence-corrected chi connectivity index (χ4v) is 2.03. The van der Waals surface area contributed by atoms with Gasteiger partial charge in [-0.05, 0) is 17.8 Å². The first-order chi connectivity index (χ1) is 9.08. The highest BCUT2D eigenvalue weighted by Gasteiger charge is 2.21. The number of carbonyl (C=O) groups excluding carboxylic acids is 1. The van der Waals surface area contributed by atoms with E-state index in [1.54, 1.807) is 6.92 Å². The highest BCUT2D eigenvalue weighted by molar-refractivity contribution is 5.76. The second kappa shape index (κ2) is 5.79. The summed E-state index contributed by atoms with van der Waals surface area (Å²) < 4.78 is 6.66. The number of hydrogen-bond donors (Lipinski definition) is 1. The van der Waals surface area contributed by atoms with E-state index in [0.717, 1.165) is 25.6 Å². The van der Waals surface area contributed by atoms with Crippen LogP contribution in [0.1, 0.15) is 18.7 Å². The van der Waals surface area contributed by atoms with E-state index in [-0.39, 0.29) is 24.4 Å². The number of carbonyl (C=O) groups is 1. The van der Waals surface area contributed by atoms with Gasteiger partial charge in [-0.25, -0.2) is 9.55 Å². The van der Waals surface area contributed by atoms with Crippen LogP contribution in [0.4, 0.5) is 5.82 Å². The monoisotopic (exact) mass is 268 g/mol. The number of amides is 1. The van der Waals surface area contributed by atoms with Crippen LogP contribution >= 0.6 is 0 Å². The second-order valence-corrected chi connectivity index (χ2v) is 4.45. The van der Waals surface area contributed by atoms with Crippen molar-refractivity contribution >= 4 is 11.7 Å². The number of nitrogens with zero attached hydrogens (tertiary/aromatic N) is 3. The largest absolute Gasteiger partial charge is 0.376 e. The predicted octanol–water partition coefficient (Wildman–Crippen LogP) is 0.395. The number of hydrogen-bond acceptors (Lipinski definition) is 5. The summed E-state index contributed by atoms with van der Waals surface area (Å²) >= 11 is 0. The average Bonchev–Trinajstić information content (AvgIpc) is 2.98. The lowest BCUT2D eigenvalue weighted by atomic mass is 10.2. The third kappa shape index (κ3) is 3.28. The van der Waals surface area contributed by atoms with Gasteiger partial charge in [0, 0.05) is 20.1 Å². The molecular weight excluding hydrogens is 252 g/mol. The highest BCUT2D eigenvalue weighted by atomic mass is 16.6. The van der Waals surface area contributed by atoms with Gasteiger partial charge in [-0.15, -0.1) is 0 Å². The number of aromatic nitrogens is 2. The van der Waals surface area contributed by atoms with Gasteiger partial charge in [0.15, 0.2) is 12.4 Å². The Morgan fingerprint density at radius 3 is 3.16 bits per heavy atom. The Hall–Kier alpha value is -1.96. The molecule has 0 spiro atoms. The van der Waals surface area contributed by atoms with E-state index in [4.69, 9.17) is 4.74 Å². The zero-order valence-electron chi connectivity index (χ0n) is 10.7. The lowest BCUT2D eigenvalue weighted by molar-refractivity contribution is -0.392. The van der Waals surface area contributed by atoms with Crippen LogP contribution in [-0.4, -0.2) is 39.6 Å². The minimum absolute atomic E-state index is 0.0582. The SMILES string of the molecule is Cc1ncc([N+](=O)[O-])n1CC(=O)NC[C@H]1CCCO1. The Morgan fingerprint density at radius 2 is 2.53 bits per heavy atom. The Labute approximate surface area is 109 Å². The summed E-state index contributed by atoms with van der Waals surface area (Å²) in [5.74, 6) is -0.0107. The van der Waals surface area contributed by atoms with E-state index in [2.05, 4.69) is 10.3 Å². The molecule has 1 fully saturated rings. The molecule has 8 heteroatoms. The molecular formula is C11H16N4O4. The summed E-state index contributed by atoms with van der Waals surface area (Å²) in [5.41, 5.74) is 0. The van der Waals surface area contributed by atoms with Gasteiger partial charge in [-0.3, -0.25) is 4.79 Å². The van der Waals surface area contributed by atoms with Crippen molar-refractivity contribution in [3.05, 3.63) is 22.1 Å². The topological polar surface area (TPSA) is 99.3 Å². The van der Waals surface area contributed by atoms with E-state index >= 15 is 0 Å². The third-order valence-electron chi connectivity index (χ3n) is 3.07. The first kappa shape index (κ1) is 13.5. The minimum atomic E-state index is -0.548. The van der Waals surface area contributed by atoms with Crippen molar-refractivity contribution in [2.75, 3.05) is 13.2 Å². The van der Waals surface area contributed by atoms with Gasteiger partial charge in [-0.1, -0.05) is 0 Å². The smallest absolute Gasteiger partial charge is 0.343 e. The molecule has 1 aliphatic rings. The molecule has 0 aliphatic carbocycles. The molecule has 0 saturated carbocycles. The number of aryl methyl sites for hydroxylation is 1. The molecule has 1 amide bonds. The standard InChI is InChI=1S/C11H16N4O4/c1-8-12-6-11(15(17)18)14(8)7-10(16)13-5-9-3-2-4-19-9/h6,9H,2-5,7H2,1H3,(H,13,16)/t9-/m1/s1. The van der Waals surface area contributed by atoms with Crippen LogP contribution in [0.2, 0.25) is 0 Å². The summed E-state index contributed by atoms with van der Waals surface area (Å²) in [6.07, 6.45) is 3.16. The quantitative estimate of drug-likeness (QED) is 0.615. The van der Waals surface area contributed by atoms with Crippen molar-refractivity contribution in [1.82, 2.24) is 14.9 Å². The molecule has 1 aromatic heterocycles. The van der Waals surface area contributed by atoms with Crippen LogP contribution in [0.3, 0.4) is 0 Å². The van der Waals surface area contributed by atoms with Crippen molar-refractivity contribution in [2.24, 2.45) is 0 Å². The number of nitro groups is 1. The van der Waals surface area contributed by atoms with Crippen LogP contribution in [0, 0.1) is 17.0 Å². The maximum absolute atomic E-state index is 11.8. The number of nitrogens with one attached hydrogen (secondary N) is 1. The van der Waals surface area contributed by atoms with Gasteiger partial charge in [0.25, 0.3) is 5.91 Å². The van der Waals surface area contributed by atoms with Gasteiger partial charge in [0.1, 0.15) is 6.20 Å². The minimum Gasteiger partial charge on any atom is -0.376 e. The van der Waals surface area contributed by atoms with Crippen molar-refractivity contribution < 1.29 is 14.5 Å². The highest BCUT2D eigenvalue weighted by Crippen LogP contribution is 2.13. The third-order valence-corrected chi connectivity index (χ3v) is 3.07. The molecule has 19 heavy (non-hydrogen) atoms. The molecule has 0 unspecified atom stereocenters. The summed E-state index contributed by atoms with van der Waals surface area (Å²) in [7, 11) is 0. The Balaban J connectivity index is 1.91. The van der Waals surface area contributed by atoms with E-state index < -0.39 is 4.92 Å². The van der Waals surface area contributed by atoms with Crippen LogP contribution in [0.15, 0.2) is 6.20 Å². The second-order valence-electron chi connectivity index (χ2n) is 4.45. The Kier molecular flexibility index (Phi) is 4.10. The van der Waals surface area contributed by atoms with Crippen molar-refractivity contribution in [3.8, 4) is 0 Å². The molecule has 0 radical (unpaired) electrons. The first-order valence-electron chi connectivity index (χ1n) is 6.12. The van der Waals surface area contributed by atoms with Gasteiger partial charge in [0.05, 0.1) is 6.10 Å². The van der Waals surface area contributed by atoms with Crippen LogP contribution < -0.4 is 5.32 Å². The molecule has 1 N–H and O–H groups in total. The summed E-state index contributed by atoms with van der Waals surface area (Å²) in [4.78, 5) is 25.8. The molecule has 2 rings (SSSR count).